The first kappa shape index (κ1) is 23.8. The van der Waals surface area contributed by atoms with E-state index < -0.39 is 11.9 Å². The quantitative estimate of drug-likeness (QED) is 0.605. The molecule has 1 atom stereocenters. The van der Waals surface area contributed by atoms with Crippen molar-refractivity contribution in [3.63, 3.8) is 0 Å². The second kappa shape index (κ2) is 10.7. The van der Waals surface area contributed by atoms with E-state index in [0.717, 1.165) is 49.3 Å². The van der Waals surface area contributed by atoms with Crippen LogP contribution in [0.3, 0.4) is 0 Å². The molecule has 0 saturated carbocycles. The number of hydrogen-bond acceptors (Lipinski definition) is 3. The number of amides is 2. The second-order valence-electron chi connectivity index (χ2n) is 8.13. The number of carbonyl (C=O) groups excluding carboxylic acids is 2. The lowest BCUT2D eigenvalue weighted by atomic mass is 9.96. The van der Waals surface area contributed by atoms with Crippen molar-refractivity contribution in [2.24, 2.45) is 5.92 Å². The zero-order valence-corrected chi connectivity index (χ0v) is 18.2. The van der Waals surface area contributed by atoms with Gasteiger partial charge in [0.2, 0.25) is 5.91 Å². The van der Waals surface area contributed by atoms with Crippen molar-refractivity contribution in [1.29, 1.82) is 0 Å². The van der Waals surface area contributed by atoms with Crippen LogP contribution in [0.4, 0.5) is 13.2 Å². The first-order valence-electron chi connectivity index (χ1n) is 11.1. The highest BCUT2D eigenvalue weighted by atomic mass is 19.4. The largest absolute Gasteiger partial charge is 0.435 e. The Balaban J connectivity index is 1.57. The van der Waals surface area contributed by atoms with Crippen molar-refractivity contribution in [3.05, 3.63) is 47.8 Å². The molecule has 1 aromatic carbocycles. The maximum Gasteiger partial charge on any atom is 0.435 e. The lowest BCUT2D eigenvalue weighted by molar-refractivity contribution is -0.141. The van der Waals surface area contributed by atoms with E-state index in [9.17, 15) is 22.8 Å². The van der Waals surface area contributed by atoms with Crippen LogP contribution < -0.4 is 5.32 Å². The molecule has 9 heteroatoms. The Morgan fingerprint density at radius 2 is 1.88 bits per heavy atom. The molecule has 1 N–H and O–H groups in total. The fourth-order valence-corrected chi connectivity index (χ4v) is 3.84. The van der Waals surface area contributed by atoms with E-state index in [1.165, 1.54) is 6.20 Å². The van der Waals surface area contributed by atoms with Crippen LogP contribution in [0.5, 0.6) is 0 Å². The number of alkyl halides is 3. The van der Waals surface area contributed by atoms with Crippen LogP contribution >= 0.6 is 0 Å². The fraction of sp³-hybridized carbons (Fsp3) is 0.522. The van der Waals surface area contributed by atoms with Gasteiger partial charge in [-0.2, -0.15) is 18.3 Å². The summed E-state index contributed by atoms with van der Waals surface area (Å²) in [6.45, 7) is 3.75. The lowest BCUT2D eigenvalue weighted by Crippen LogP contribution is -2.45. The zero-order valence-electron chi connectivity index (χ0n) is 18.2. The Hall–Kier alpha value is -2.84. The lowest BCUT2D eigenvalue weighted by Gasteiger charge is -2.32. The van der Waals surface area contributed by atoms with Gasteiger partial charge >= 0.3 is 6.18 Å². The third kappa shape index (κ3) is 6.11. The molecule has 1 aliphatic rings. The number of benzene rings is 1. The predicted molar refractivity (Wildman–Crippen MR) is 114 cm³/mol. The first-order chi connectivity index (χ1) is 15.3. The van der Waals surface area contributed by atoms with Gasteiger partial charge in [-0.1, -0.05) is 26.2 Å². The van der Waals surface area contributed by atoms with Crippen LogP contribution in [-0.2, 0) is 11.0 Å². The highest BCUT2D eigenvalue weighted by molar-refractivity contribution is 5.95. The highest BCUT2D eigenvalue weighted by Gasteiger charge is 2.33. The van der Waals surface area contributed by atoms with Gasteiger partial charge in [0.1, 0.15) is 0 Å². The summed E-state index contributed by atoms with van der Waals surface area (Å²) < 4.78 is 39.4. The van der Waals surface area contributed by atoms with Crippen molar-refractivity contribution < 1.29 is 22.8 Å². The van der Waals surface area contributed by atoms with E-state index in [2.05, 4.69) is 17.3 Å². The third-order valence-electron chi connectivity index (χ3n) is 5.67. The Kier molecular flexibility index (Phi) is 7.93. The van der Waals surface area contributed by atoms with Gasteiger partial charge in [-0.3, -0.25) is 9.59 Å². The monoisotopic (exact) mass is 450 g/mol. The number of unbranched alkanes of at least 4 members (excludes halogenated alkanes) is 3. The van der Waals surface area contributed by atoms with Crippen LogP contribution in [0.15, 0.2) is 36.5 Å². The predicted octanol–water partition coefficient (Wildman–Crippen LogP) is 4.44. The molecular formula is C23H29F3N4O2. The van der Waals surface area contributed by atoms with Gasteiger partial charge in [0.15, 0.2) is 5.69 Å². The smallest absolute Gasteiger partial charge is 0.356 e. The number of piperidine rings is 1. The molecule has 0 aliphatic carbocycles. The summed E-state index contributed by atoms with van der Waals surface area (Å²) in [5.41, 5.74) is -0.116. The van der Waals surface area contributed by atoms with E-state index in [-0.39, 0.29) is 17.7 Å². The van der Waals surface area contributed by atoms with Crippen LogP contribution in [0.25, 0.3) is 5.69 Å². The number of hydrogen-bond donors (Lipinski definition) is 1. The number of rotatable bonds is 8. The molecule has 1 aliphatic heterocycles. The van der Waals surface area contributed by atoms with E-state index in [1.807, 2.05) is 0 Å². The van der Waals surface area contributed by atoms with Gasteiger partial charge in [0, 0.05) is 31.4 Å². The molecule has 1 fully saturated rings. The van der Waals surface area contributed by atoms with Gasteiger partial charge in [0.05, 0.1) is 11.6 Å². The fourth-order valence-electron chi connectivity index (χ4n) is 3.84. The van der Waals surface area contributed by atoms with E-state index in [1.54, 1.807) is 29.2 Å². The Labute approximate surface area is 185 Å². The Bertz CT molecular complexity index is 909. The van der Waals surface area contributed by atoms with Crippen molar-refractivity contribution in [2.75, 3.05) is 19.6 Å². The SMILES string of the molecule is CCCCCCNC(=O)[C@H]1CCCN(C(=O)c2ccc(-n3ccc(C(F)(F)F)n3)cc2)C1. The van der Waals surface area contributed by atoms with Crippen LogP contribution in [0.1, 0.15) is 61.5 Å². The average Bonchev–Trinajstić information content (AvgIpc) is 3.29. The molecule has 0 bridgehead atoms. The van der Waals surface area contributed by atoms with E-state index >= 15 is 0 Å². The molecule has 0 radical (unpaired) electrons. The molecule has 3 rings (SSSR count). The minimum Gasteiger partial charge on any atom is -0.356 e. The van der Waals surface area contributed by atoms with Crippen LogP contribution in [0, 0.1) is 5.92 Å². The molecule has 2 aromatic rings. The topological polar surface area (TPSA) is 67.2 Å². The van der Waals surface area contributed by atoms with Crippen molar-refractivity contribution in [1.82, 2.24) is 20.0 Å². The molecule has 1 saturated heterocycles. The molecule has 2 heterocycles. The highest BCUT2D eigenvalue weighted by Crippen LogP contribution is 2.28. The number of halogens is 3. The molecule has 32 heavy (non-hydrogen) atoms. The minimum atomic E-state index is -4.51. The molecule has 174 valence electrons. The van der Waals surface area contributed by atoms with Gasteiger partial charge in [-0.05, 0) is 49.6 Å². The molecule has 6 nitrogen and oxygen atoms in total. The Morgan fingerprint density at radius 1 is 1.12 bits per heavy atom. The van der Waals surface area contributed by atoms with Gasteiger partial charge in [-0.25, -0.2) is 4.68 Å². The zero-order chi connectivity index (χ0) is 23.1. The van der Waals surface area contributed by atoms with Crippen molar-refractivity contribution >= 4 is 11.8 Å². The van der Waals surface area contributed by atoms with Crippen LogP contribution in [-0.4, -0.2) is 46.1 Å². The summed E-state index contributed by atoms with van der Waals surface area (Å²) in [4.78, 5) is 27.1. The van der Waals surface area contributed by atoms with Gasteiger partial charge in [-0.15, -0.1) is 0 Å². The standard InChI is InChI=1S/C23H29F3N4O2/c1-2-3-4-5-13-27-21(31)18-7-6-14-29(16-18)22(32)17-8-10-19(11-9-17)30-15-12-20(28-30)23(24,25)26/h8-12,15,18H,2-7,13-14,16H2,1H3,(H,27,31)/t18-/m0/s1. The summed E-state index contributed by atoms with van der Waals surface area (Å²) in [6, 6.07) is 7.17. The number of nitrogens with one attached hydrogen (secondary N) is 1. The number of nitrogens with zero attached hydrogens (tertiary/aromatic N) is 3. The minimum absolute atomic E-state index is 0.00602. The number of carbonyl (C=O) groups is 2. The molecule has 0 spiro atoms. The summed E-state index contributed by atoms with van der Waals surface area (Å²) in [5.74, 6) is -0.412. The van der Waals surface area contributed by atoms with Crippen molar-refractivity contribution in [2.45, 2.75) is 51.6 Å². The summed E-state index contributed by atoms with van der Waals surface area (Å²) in [7, 11) is 0. The Morgan fingerprint density at radius 3 is 2.53 bits per heavy atom. The van der Waals surface area contributed by atoms with Crippen molar-refractivity contribution in [3.8, 4) is 5.69 Å². The first-order valence-corrected chi connectivity index (χ1v) is 11.1. The maximum atomic E-state index is 12.9. The van der Waals surface area contributed by atoms with Gasteiger partial charge in [0.25, 0.3) is 5.91 Å². The van der Waals surface area contributed by atoms with E-state index in [4.69, 9.17) is 0 Å². The summed E-state index contributed by atoms with van der Waals surface area (Å²) >= 11 is 0. The number of aromatic nitrogens is 2. The van der Waals surface area contributed by atoms with Gasteiger partial charge < -0.3 is 10.2 Å². The summed E-state index contributed by atoms with van der Waals surface area (Å²) in [6.07, 6.45) is 2.59. The molecular weight excluding hydrogens is 421 g/mol. The normalized spacial score (nSPS) is 16.8. The molecule has 1 aromatic heterocycles. The average molecular weight is 451 g/mol. The van der Waals surface area contributed by atoms with E-state index in [0.29, 0.717) is 30.9 Å². The number of likely N-dealkylation sites (tertiary alicyclic amines) is 1. The maximum absolute atomic E-state index is 12.9. The third-order valence-corrected chi connectivity index (χ3v) is 5.67. The molecule has 0 unspecified atom stereocenters. The van der Waals surface area contributed by atoms with Crippen LogP contribution in [0.2, 0.25) is 0 Å². The second-order valence-corrected chi connectivity index (χ2v) is 8.13. The summed E-state index contributed by atoms with van der Waals surface area (Å²) in [5, 5.41) is 6.52. The molecule has 2 amide bonds.